The van der Waals surface area contributed by atoms with Gasteiger partial charge in [-0.05, 0) is 46.5 Å². The molecule has 0 radical (unpaired) electrons. The van der Waals surface area contributed by atoms with Gasteiger partial charge < -0.3 is 10.6 Å². The van der Waals surface area contributed by atoms with Crippen LogP contribution in [0, 0.1) is 12.8 Å². The molecule has 2 N–H and O–H groups in total. The van der Waals surface area contributed by atoms with E-state index in [-0.39, 0.29) is 5.54 Å². The molecule has 0 bridgehead atoms. The van der Waals surface area contributed by atoms with E-state index in [1.807, 2.05) is 4.68 Å². The number of aryl methyl sites for hydroxylation is 1. The van der Waals surface area contributed by atoms with Crippen LogP contribution in [0.4, 0.5) is 11.8 Å². The first-order valence-electron chi connectivity index (χ1n) is 9.49. The van der Waals surface area contributed by atoms with Crippen LogP contribution in [0.15, 0.2) is 11.6 Å². The number of nitrogens with two attached hydrogens (primary N) is 1. The summed E-state index contributed by atoms with van der Waals surface area (Å²) < 4.78 is 1.93. The van der Waals surface area contributed by atoms with Crippen LogP contribution in [0.2, 0.25) is 0 Å². The summed E-state index contributed by atoms with van der Waals surface area (Å²) in [6.45, 7) is 10.3. The molecule has 0 aromatic carbocycles. The Balaban J connectivity index is 1.61. The van der Waals surface area contributed by atoms with Gasteiger partial charge in [0.2, 0.25) is 5.95 Å². The zero-order valence-electron chi connectivity index (χ0n) is 16.4. The number of rotatable bonds is 3. The smallest absolute Gasteiger partial charge is 0.229 e. The van der Waals surface area contributed by atoms with Crippen molar-refractivity contribution in [1.29, 1.82) is 0 Å². The fourth-order valence-corrected chi connectivity index (χ4v) is 4.59. The molecule has 144 valence electrons. The van der Waals surface area contributed by atoms with E-state index in [2.05, 4.69) is 53.0 Å². The van der Waals surface area contributed by atoms with Crippen LogP contribution in [0.5, 0.6) is 0 Å². The summed E-state index contributed by atoms with van der Waals surface area (Å²) in [4.78, 5) is 16.3. The standard InChI is InChI=1S/C19H27N7S/c1-12-11-27-15(22-12)8-13-6-5-7-25(10-13)18-23-16(20)14-9-21-26(17(14)24-18)19(2,3)4/h9,11,13H,5-8,10H2,1-4H3,(H2,20,23,24). The summed E-state index contributed by atoms with van der Waals surface area (Å²) in [5.74, 6) is 1.78. The van der Waals surface area contributed by atoms with Crippen LogP contribution in [-0.2, 0) is 12.0 Å². The number of aromatic nitrogens is 5. The lowest BCUT2D eigenvalue weighted by molar-refractivity contribution is 0.365. The molecular formula is C19H27N7S. The largest absolute Gasteiger partial charge is 0.383 e. The fourth-order valence-electron chi connectivity index (χ4n) is 3.71. The van der Waals surface area contributed by atoms with Crippen molar-refractivity contribution in [1.82, 2.24) is 24.7 Å². The Labute approximate surface area is 163 Å². The quantitative estimate of drug-likeness (QED) is 0.744. The predicted octanol–water partition coefficient (Wildman–Crippen LogP) is 3.39. The molecule has 0 aliphatic carbocycles. The van der Waals surface area contributed by atoms with E-state index in [0.717, 1.165) is 42.7 Å². The van der Waals surface area contributed by atoms with Crippen molar-refractivity contribution in [2.24, 2.45) is 5.92 Å². The maximum absolute atomic E-state index is 6.24. The SMILES string of the molecule is Cc1csc(CC2CCCN(c3nc(N)c4cnn(C(C)(C)C)c4n3)C2)n1. The van der Waals surface area contributed by atoms with Gasteiger partial charge in [-0.3, -0.25) is 0 Å². The molecule has 1 aliphatic heterocycles. The predicted molar refractivity (Wildman–Crippen MR) is 110 cm³/mol. The third-order valence-electron chi connectivity index (χ3n) is 5.01. The minimum Gasteiger partial charge on any atom is -0.383 e. The number of fused-ring (bicyclic) bond motifs is 1. The van der Waals surface area contributed by atoms with E-state index in [1.165, 1.54) is 11.4 Å². The van der Waals surface area contributed by atoms with Crippen molar-refractivity contribution in [2.45, 2.75) is 52.5 Å². The van der Waals surface area contributed by atoms with Crippen LogP contribution in [0.1, 0.15) is 44.3 Å². The number of piperidine rings is 1. The summed E-state index contributed by atoms with van der Waals surface area (Å²) in [6.07, 6.45) is 5.14. The molecule has 1 unspecified atom stereocenters. The Morgan fingerprint density at radius 2 is 2.07 bits per heavy atom. The normalized spacial score (nSPS) is 18.4. The van der Waals surface area contributed by atoms with Gasteiger partial charge in [0.1, 0.15) is 5.82 Å². The Hall–Kier alpha value is -2.22. The van der Waals surface area contributed by atoms with Crippen molar-refractivity contribution in [3.63, 3.8) is 0 Å². The van der Waals surface area contributed by atoms with Crippen LogP contribution >= 0.6 is 11.3 Å². The van der Waals surface area contributed by atoms with Crippen LogP contribution < -0.4 is 10.6 Å². The van der Waals surface area contributed by atoms with E-state index in [4.69, 9.17) is 10.7 Å². The number of nitrogens with zero attached hydrogens (tertiary/aromatic N) is 6. The molecule has 0 amide bonds. The van der Waals surface area contributed by atoms with E-state index in [9.17, 15) is 0 Å². The van der Waals surface area contributed by atoms with Crippen molar-refractivity contribution in [2.75, 3.05) is 23.7 Å². The van der Waals surface area contributed by atoms with Gasteiger partial charge in [0.25, 0.3) is 0 Å². The highest BCUT2D eigenvalue weighted by molar-refractivity contribution is 7.09. The fraction of sp³-hybridized carbons (Fsp3) is 0.579. The van der Waals surface area contributed by atoms with Gasteiger partial charge in [-0.1, -0.05) is 0 Å². The van der Waals surface area contributed by atoms with Gasteiger partial charge in [-0.25, -0.2) is 9.67 Å². The van der Waals surface area contributed by atoms with Crippen LogP contribution in [-0.4, -0.2) is 37.8 Å². The van der Waals surface area contributed by atoms with Crippen molar-refractivity contribution < 1.29 is 0 Å². The minimum absolute atomic E-state index is 0.160. The first-order chi connectivity index (χ1) is 12.8. The van der Waals surface area contributed by atoms with Crippen LogP contribution in [0.3, 0.4) is 0 Å². The highest BCUT2D eigenvalue weighted by Crippen LogP contribution is 2.29. The molecule has 1 fully saturated rings. The Morgan fingerprint density at radius 3 is 2.78 bits per heavy atom. The average molecular weight is 386 g/mol. The molecule has 0 saturated carbocycles. The molecule has 0 spiro atoms. The molecule has 8 heteroatoms. The summed E-state index contributed by atoms with van der Waals surface area (Å²) in [5.41, 5.74) is 8.00. The topological polar surface area (TPSA) is 85.8 Å². The van der Waals surface area contributed by atoms with E-state index in [1.54, 1.807) is 17.5 Å². The molecule has 4 rings (SSSR count). The molecule has 1 saturated heterocycles. The highest BCUT2D eigenvalue weighted by Gasteiger charge is 2.25. The molecule has 4 heterocycles. The summed E-state index contributed by atoms with van der Waals surface area (Å²) in [6, 6.07) is 0. The second kappa shape index (κ2) is 6.74. The second-order valence-electron chi connectivity index (χ2n) is 8.41. The third kappa shape index (κ3) is 3.63. The zero-order valence-corrected chi connectivity index (χ0v) is 17.3. The van der Waals surface area contributed by atoms with Crippen molar-refractivity contribution >= 4 is 34.1 Å². The molecule has 1 aliphatic rings. The van der Waals surface area contributed by atoms with Gasteiger partial charge in [0, 0.05) is 30.6 Å². The van der Waals surface area contributed by atoms with E-state index < -0.39 is 0 Å². The Bertz CT molecular complexity index is 953. The molecule has 3 aromatic heterocycles. The zero-order chi connectivity index (χ0) is 19.2. The van der Waals surface area contributed by atoms with Crippen LogP contribution in [0.25, 0.3) is 11.0 Å². The number of thiazole rings is 1. The first-order valence-corrected chi connectivity index (χ1v) is 10.4. The Kier molecular flexibility index (Phi) is 4.53. The highest BCUT2D eigenvalue weighted by atomic mass is 32.1. The second-order valence-corrected chi connectivity index (χ2v) is 9.36. The van der Waals surface area contributed by atoms with Crippen molar-refractivity contribution in [3.05, 3.63) is 22.3 Å². The lowest BCUT2D eigenvalue weighted by atomic mass is 9.95. The maximum atomic E-state index is 6.24. The average Bonchev–Trinajstić information content (AvgIpc) is 3.21. The van der Waals surface area contributed by atoms with Gasteiger partial charge in [0.15, 0.2) is 5.65 Å². The number of hydrogen-bond donors (Lipinski definition) is 1. The number of anilines is 2. The van der Waals surface area contributed by atoms with Crippen molar-refractivity contribution in [3.8, 4) is 0 Å². The molecule has 1 atom stereocenters. The lowest BCUT2D eigenvalue weighted by Gasteiger charge is -2.32. The van der Waals surface area contributed by atoms with Gasteiger partial charge in [-0.15, -0.1) is 11.3 Å². The molecule has 27 heavy (non-hydrogen) atoms. The van der Waals surface area contributed by atoms with E-state index >= 15 is 0 Å². The maximum Gasteiger partial charge on any atom is 0.229 e. The summed E-state index contributed by atoms with van der Waals surface area (Å²) >= 11 is 1.76. The molecule has 7 nitrogen and oxygen atoms in total. The summed E-state index contributed by atoms with van der Waals surface area (Å²) in [5, 5.41) is 8.66. The first kappa shape index (κ1) is 18.2. The van der Waals surface area contributed by atoms with Gasteiger partial charge in [0.05, 0.1) is 22.1 Å². The monoisotopic (exact) mass is 385 g/mol. The Morgan fingerprint density at radius 1 is 1.26 bits per heavy atom. The summed E-state index contributed by atoms with van der Waals surface area (Å²) in [7, 11) is 0. The van der Waals surface area contributed by atoms with E-state index in [0.29, 0.717) is 17.7 Å². The molecular weight excluding hydrogens is 358 g/mol. The van der Waals surface area contributed by atoms with Gasteiger partial charge in [-0.2, -0.15) is 15.1 Å². The minimum atomic E-state index is -0.160. The number of nitrogen functional groups attached to an aromatic ring is 1. The third-order valence-corrected chi connectivity index (χ3v) is 6.00. The lowest BCUT2D eigenvalue weighted by Crippen LogP contribution is -2.37. The molecule has 3 aromatic rings. The van der Waals surface area contributed by atoms with Gasteiger partial charge >= 0.3 is 0 Å². The number of hydrogen-bond acceptors (Lipinski definition) is 7.